The molecule has 2 heterocycles. The Hall–Kier alpha value is -4.22. The molecule has 4 amide bonds. The second kappa shape index (κ2) is 13.4. The van der Waals surface area contributed by atoms with Gasteiger partial charge in [0.1, 0.15) is 35.5 Å². The van der Waals surface area contributed by atoms with Gasteiger partial charge in [-0.3, -0.25) is 24.2 Å². The van der Waals surface area contributed by atoms with Crippen molar-refractivity contribution in [2.24, 2.45) is 11.8 Å². The second-order valence-corrected chi connectivity index (χ2v) is 13.0. The lowest BCUT2D eigenvalue weighted by Crippen LogP contribution is -2.60. The van der Waals surface area contributed by atoms with Crippen LogP contribution in [0, 0.1) is 11.8 Å². The molecule has 4 N–H and O–H groups in total. The molecule has 2 aliphatic carbocycles. The van der Waals surface area contributed by atoms with Crippen LogP contribution in [0.15, 0.2) is 36.7 Å². The number of likely N-dealkylation sites (tertiary alicyclic amines) is 1. The molecule has 3 fully saturated rings. The van der Waals surface area contributed by atoms with Gasteiger partial charge in [0.25, 0.3) is 0 Å². The van der Waals surface area contributed by atoms with Gasteiger partial charge in [0, 0.05) is 30.3 Å². The summed E-state index contributed by atoms with van der Waals surface area (Å²) in [6.45, 7) is 5.04. The van der Waals surface area contributed by atoms with Gasteiger partial charge in [-0.05, 0) is 37.5 Å². The van der Waals surface area contributed by atoms with Crippen molar-refractivity contribution in [2.75, 3.05) is 6.54 Å². The maximum absolute atomic E-state index is 14.2. The smallest absolute Gasteiger partial charge is 0.329 e. The Morgan fingerprint density at radius 3 is 2.38 bits per heavy atom. The predicted octanol–water partition coefficient (Wildman–Crippen LogP) is 2.54. The molecule has 2 saturated carbocycles. The van der Waals surface area contributed by atoms with Gasteiger partial charge in [-0.25, -0.2) is 4.79 Å². The number of benzene rings is 1. The van der Waals surface area contributed by atoms with E-state index in [9.17, 15) is 29.1 Å². The number of ether oxygens (including phenoxy) is 1. The Morgan fingerprint density at radius 1 is 1.02 bits per heavy atom. The zero-order valence-corrected chi connectivity index (χ0v) is 26.1. The highest BCUT2D eigenvalue weighted by Crippen LogP contribution is 2.37. The number of nitrogens with one attached hydrogen (secondary N) is 3. The zero-order chi connectivity index (χ0) is 32.3. The van der Waals surface area contributed by atoms with Crippen molar-refractivity contribution in [2.45, 2.75) is 102 Å². The molecule has 0 radical (unpaired) electrons. The molecule has 1 unspecified atom stereocenters. The summed E-state index contributed by atoms with van der Waals surface area (Å²) in [7, 11) is 0. The first-order valence-corrected chi connectivity index (χ1v) is 15.9. The van der Waals surface area contributed by atoms with Crippen LogP contribution in [0.3, 0.4) is 0 Å². The van der Waals surface area contributed by atoms with Crippen LogP contribution in [0.5, 0.6) is 5.75 Å². The van der Waals surface area contributed by atoms with Crippen molar-refractivity contribution in [1.82, 2.24) is 25.8 Å². The number of carbonyl (C=O) groups excluding carboxylic acids is 4. The van der Waals surface area contributed by atoms with E-state index in [2.05, 4.69) is 20.9 Å². The molecule has 4 atom stereocenters. The van der Waals surface area contributed by atoms with Crippen molar-refractivity contribution in [3.63, 3.8) is 0 Å². The summed E-state index contributed by atoms with van der Waals surface area (Å²) in [5.74, 6) is -2.76. The third-order valence-electron chi connectivity index (χ3n) is 9.29. The van der Waals surface area contributed by atoms with E-state index in [0.717, 1.165) is 42.9 Å². The average molecular weight is 622 g/mol. The summed E-state index contributed by atoms with van der Waals surface area (Å²) in [5.41, 5.74) is -1.33. The topological polar surface area (TPSA) is 167 Å². The monoisotopic (exact) mass is 621 g/mol. The molecular weight excluding hydrogens is 578 g/mol. The highest BCUT2D eigenvalue weighted by molar-refractivity contribution is 5.97. The van der Waals surface area contributed by atoms with Gasteiger partial charge in [-0.15, -0.1) is 0 Å². The van der Waals surface area contributed by atoms with Crippen molar-refractivity contribution in [3.8, 4) is 5.75 Å². The fourth-order valence-corrected chi connectivity index (χ4v) is 6.59. The number of nitrogens with zero attached hydrogens (tertiary/aromatic N) is 2. The number of carboxylic acid groups (broad SMARTS) is 1. The first-order valence-electron chi connectivity index (χ1n) is 15.9. The molecule has 1 aromatic heterocycles. The SMILES string of the molecule is CC(=O)N[C@H](C(=O)N[C@H](C(=O)N1C[C@H](Oc2cncc3ccccc23)CC1C(=O)NC1(C(=O)O)CC1)C(C)C)C1CCCCC1. The van der Waals surface area contributed by atoms with Crippen LogP contribution < -0.4 is 20.7 Å². The maximum Gasteiger partial charge on any atom is 0.329 e. The number of hydrogen-bond donors (Lipinski definition) is 4. The third-order valence-corrected chi connectivity index (χ3v) is 9.29. The number of rotatable bonds is 11. The van der Waals surface area contributed by atoms with Crippen molar-refractivity contribution < 1.29 is 33.8 Å². The minimum absolute atomic E-state index is 0.0336. The zero-order valence-electron chi connectivity index (χ0n) is 26.1. The summed E-state index contributed by atoms with van der Waals surface area (Å²) >= 11 is 0. The van der Waals surface area contributed by atoms with Crippen LogP contribution in [-0.4, -0.2) is 80.9 Å². The summed E-state index contributed by atoms with van der Waals surface area (Å²) in [6.07, 6.45) is 8.11. The summed E-state index contributed by atoms with van der Waals surface area (Å²) in [6, 6.07) is 4.83. The number of aromatic nitrogens is 1. The van der Waals surface area contributed by atoms with Crippen molar-refractivity contribution in [1.29, 1.82) is 0 Å². The summed E-state index contributed by atoms with van der Waals surface area (Å²) < 4.78 is 6.34. The van der Waals surface area contributed by atoms with Crippen molar-refractivity contribution >= 4 is 40.4 Å². The largest absolute Gasteiger partial charge is 0.486 e. The molecule has 45 heavy (non-hydrogen) atoms. The van der Waals surface area contributed by atoms with Crippen LogP contribution in [0.2, 0.25) is 0 Å². The molecule has 12 heteroatoms. The van der Waals surface area contributed by atoms with Gasteiger partial charge < -0.3 is 30.7 Å². The highest BCUT2D eigenvalue weighted by Gasteiger charge is 2.54. The van der Waals surface area contributed by atoms with Crippen LogP contribution in [0.25, 0.3) is 10.8 Å². The third kappa shape index (κ3) is 7.20. The lowest BCUT2D eigenvalue weighted by molar-refractivity contribution is -0.146. The molecular formula is C33H43N5O7. The van der Waals surface area contributed by atoms with Gasteiger partial charge in [-0.1, -0.05) is 57.4 Å². The lowest BCUT2D eigenvalue weighted by atomic mass is 9.83. The van der Waals surface area contributed by atoms with E-state index in [1.165, 1.54) is 11.8 Å². The number of amides is 4. The van der Waals surface area contributed by atoms with Gasteiger partial charge in [-0.2, -0.15) is 0 Å². The van der Waals surface area contributed by atoms with Gasteiger partial charge in [0.2, 0.25) is 23.6 Å². The van der Waals surface area contributed by atoms with E-state index in [1.807, 2.05) is 24.3 Å². The first kappa shape index (κ1) is 32.2. The Balaban J connectivity index is 1.38. The average Bonchev–Trinajstić information content (AvgIpc) is 3.68. The molecule has 1 aromatic carbocycles. The number of fused-ring (bicyclic) bond motifs is 1. The molecule has 0 spiro atoms. The minimum Gasteiger partial charge on any atom is -0.486 e. The molecule has 5 rings (SSSR count). The lowest BCUT2D eigenvalue weighted by Gasteiger charge is -2.34. The molecule has 1 aliphatic heterocycles. The fraction of sp³-hybridized carbons (Fsp3) is 0.576. The van der Waals surface area contributed by atoms with Gasteiger partial charge >= 0.3 is 5.97 Å². The minimum atomic E-state index is -1.33. The standard InChI is InChI=1S/C33H43N5O7/c1-19(2)27(36-30(41)28(35-20(3)39)21-9-5-4-6-10-21)31(42)38-18-23(15-25(38)29(40)37-33(13-14-33)32(43)44)45-26-17-34-16-22-11-7-8-12-24(22)26/h7-8,11-12,16-17,19,21,23,25,27-28H,4-6,9-10,13-15,18H2,1-3H3,(H,35,39)(H,36,41)(H,37,40)(H,43,44)/t23-,25?,27+,28+/m1/s1. The fourth-order valence-electron chi connectivity index (χ4n) is 6.59. The Morgan fingerprint density at radius 2 is 1.73 bits per heavy atom. The van der Waals surface area contributed by atoms with Crippen LogP contribution in [0.1, 0.15) is 72.1 Å². The van der Waals surface area contributed by atoms with Gasteiger partial charge in [0.05, 0.1) is 12.7 Å². The molecule has 3 aliphatic rings. The molecule has 12 nitrogen and oxygen atoms in total. The van der Waals surface area contributed by atoms with E-state index in [0.29, 0.717) is 18.6 Å². The van der Waals surface area contributed by atoms with E-state index >= 15 is 0 Å². The molecule has 0 bridgehead atoms. The molecule has 1 saturated heterocycles. The number of carboxylic acids is 1. The normalized spacial score (nSPS) is 22.4. The Kier molecular flexibility index (Phi) is 9.59. The van der Waals surface area contributed by atoms with E-state index in [-0.39, 0.29) is 30.7 Å². The van der Waals surface area contributed by atoms with E-state index in [1.54, 1.807) is 26.2 Å². The van der Waals surface area contributed by atoms with Crippen LogP contribution in [0.4, 0.5) is 0 Å². The second-order valence-electron chi connectivity index (χ2n) is 13.0. The number of aliphatic carboxylic acids is 1. The maximum atomic E-state index is 14.2. The quantitative estimate of drug-likeness (QED) is 0.297. The summed E-state index contributed by atoms with van der Waals surface area (Å²) in [5, 5.41) is 19.8. The van der Waals surface area contributed by atoms with E-state index in [4.69, 9.17) is 4.74 Å². The number of pyridine rings is 1. The first-order chi connectivity index (χ1) is 21.5. The Labute approximate surface area is 262 Å². The molecule has 242 valence electrons. The predicted molar refractivity (Wildman–Crippen MR) is 165 cm³/mol. The van der Waals surface area contributed by atoms with Crippen LogP contribution >= 0.6 is 0 Å². The molecule has 2 aromatic rings. The highest BCUT2D eigenvalue weighted by atomic mass is 16.5. The summed E-state index contributed by atoms with van der Waals surface area (Å²) in [4.78, 5) is 71.1. The van der Waals surface area contributed by atoms with E-state index < -0.39 is 53.5 Å². The Bertz CT molecular complexity index is 1450. The van der Waals surface area contributed by atoms with Gasteiger partial charge in [0.15, 0.2) is 0 Å². The van der Waals surface area contributed by atoms with Crippen LogP contribution in [-0.2, 0) is 24.0 Å². The number of carbonyl (C=O) groups is 5. The number of hydrogen-bond acceptors (Lipinski definition) is 7. The van der Waals surface area contributed by atoms with Crippen molar-refractivity contribution in [3.05, 3.63) is 36.7 Å².